The van der Waals surface area contributed by atoms with Gasteiger partial charge < -0.3 is 5.32 Å². The summed E-state index contributed by atoms with van der Waals surface area (Å²) in [5, 5.41) is 6.16. The van der Waals surface area contributed by atoms with Crippen LogP contribution in [0.2, 0.25) is 0 Å². The predicted octanol–water partition coefficient (Wildman–Crippen LogP) is 3.22. The van der Waals surface area contributed by atoms with Gasteiger partial charge in [0.15, 0.2) is 0 Å². The van der Waals surface area contributed by atoms with E-state index in [1.807, 2.05) is 23.6 Å². The maximum Gasteiger partial charge on any atom is 0.223 e. The molecule has 4 nitrogen and oxygen atoms in total. The number of aryl methyl sites for hydroxylation is 1. The maximum atomic E-state index is 11.9. The number of amides is 1. The predicted molar refractivity (Wildman–Crippen MR) is 88.5 cm³/mol. The number of carbonyl (C=O) groups excluding carboxylic acids is 1. The molecule has 114 valence electrons. The molecule has 1 amide bonds. The van der Waals surface area contributed by atoms with E-state index >= 15 is 0 Å². The van der Waals surface area contributed by atoms with Crippen LogP contribution in [-0.2, 0) is 11.2 Å². The quantitative estimate of drug-likeness (QED) is 0.658. The minimum Gasteiger partial charge on any atom is -0.356 e. The summed E-state index contributed by atoms with van der Waals surface area (Å²) in [6.45, 7) is 0.716. The van der Waals surface area contributed by atoms with Crippen molar-refractivity contribution in [3.63, 3.8) is 0 Å². The molecule has 0 spiro atoms. The number of carbonyl (C=O) groups is 1. The summed E-state index contributed by atoms with van der Waals surface area (Å²) in [5.41, 5.74) is 1.84. The van der Waals surface area contributed by atoms with Crippen molar-refractivity contribution in [3.05, 3.63) is 46.9 Å². The normalized spacial score (nSPS) is 14.4. The van der Waals surface area contributed by atoms with Crippen LogP contribution in [0.3, 0.4) is 0 Å². The second-order valence-corrected chi connectivity index (χ2v) is 6.32. The third-order valence-electron chi connectivity index (χ3n) is 3.72. The number of rotatable bonds is 6. The molecule has 2 heterocycles. The standard InChI is InChI=1S/C17H19N3OS/c21-17(13-6-1-2-7-13)19-11-5-9-16-20-15(12-22-16)14-8-3-4-10-18-14/h1-4,8,10,12-13H,5-7,9,11H2,(H,19,21). The fourth-order valence-corrected chi connectivity index (χ4v) is 3.32. The molecule has 5 heteroatoms. The zero-order valence-electron chi connectivity index (χ0n) is 12.4. The molecule has 0 atom stereocenters. The van der Waals surface area contributed by atoms with Gasteiger partial charge >= 0.3 is 0 Å². The Kier molecular flexibility index (Phi) is 4.96. The Labute approximate surface area is 134 Å². The molecule has 0 aliphatic heterocycles. The van der Waals surface area contributed by atoms with E-state index in [1.54, 1.807) is 17.5 Å². The molecule has 22 heavy (non-hydrogen) atoms. The van der Waals surface area contributed by atoms with Gasteiger partial charge in [-0.2, -0.15) is 0 Å². The summed E-state index contributed by atoms with van der Waals surface area (Å²) in [6, 6.07) is 5.84. The van der Waals surface area contributed by atoms with E-state index < -0.39 is 0 Å². The van der Waals surface area contributed by atoms with E-state index in [2.05, 4.69) is 27.4 Å². The lowest BCUT2D eigenvalue weighted by atomic mass is 10.1. The second-order valence-electron chi connectivity index (χ2n) is 5.38. The Balaban J connectivity index is 1.42. The largest absolute Gasteiger partial charge is 0.356 e. The fraction of sp³-hybridized carbons (Fsp3) is 0.353. The number of allylic oxidation sites excluding steroid dienone is 2. The number of aromatic nitrogens is 2. The molecule has 0 aromatic carbocycles. The van der Waals surface area contributed by atoms with E-state index in [-0.39, 0.29) is 11.8 Å². The zero-order valence-corrected chi connectivity index (χ0v) is 13.2. The molecule has 0 radical (unpaired) electrons. The van der Waals surface area contributed by atoms with Crippen LogP contribution in [-0.4, -0.2) is 22.4 Å². The van der Waals surface area contributed by atoms with E-state index in [9.17, 15) is 4.79 Å². The average Bonchev–Trinajstić information content (AvgIpc) is 3.24. The lowest BCUT2D eigenvalue weighted by Crippen LogP contribution is -2.30. The molecule has 0 saturated heterocycles. The SMILES string of the molecule is O=C(NCCCc1nc(-c2ccccn2)cs1)C1CC=CC1. The highest BCUT2D eigenvalue weighted by Gasteiger charge is 2.18. The molecule has 0 bridgehead atoms. The zero-order chi connectivity index (χ0) is 15.2. The van der Waals surface area contributed by atoms with Crippen LogP contribution in [0.5, 0.6) is 0 Å². The van der Waals surface area contributed by atoms with E-state index in [0.29, 0.717) is 6.54 Å². The topological polar surface area (TPSA) is 54.9 Å². The van der Waals surface area contributed by atoms with Gasteiger partial charge in [0, 0.05) is 30.5 Å². The molecule has 2 aromatic rings. The number of hydrogen-bond acceptors (Lipinski definition) is 4. The number of nitrogens with zero attached hydrogens (tertiary/aromatic N) is 2. The van der Waals surface area contributed by atoms with Gasteiger partial charge in [0.2, 0.25) is 5.91 Å². The summed E-state index contributed by atoms with van der Waals surface area (Å²) in [4.78, 5) is 20.8. The van der Waals surface area contributed by atoms with Gasteiger partial charge in [-0.05, 0) is 31.4 Å². The summed E-state index contributed by atoms with van der Waals surface area (Å²) >= 11 is 1.65. The highest BCUT2D eigenvalue weighted by Crippen LogP contribution is 2.20. The third kappa shape index (κ3) is 3.80. The monoisotopic (exact) mass is 313 g/mol. The minimum absolute atomic E-state index is 0.149. The van der Waals surface area contributed by atoms with Crippen molar-refractivity contribution in [1.29, 1.82) is 0 Å². The molecule has 3 rings (SSSR count). The van der Waals surface area contributed by atoms with Crippen LogP contribution in [0.4, 0.5) is 0 Å². The van der Waals surface area contributed by atoms with Crippen molar-refractivity contribution in [1.82, 2.24) is 15.3 Å². The third-order valence-corrected chi connectivity index (χ3v) is 4.63. The lowest BCUT2D eigenvalue weighted by molar-refractivity contribution is -0.124. The van der Waals surface area contributed by atoms with Gasteiger partial charge in [-0.1, -0.05) is 18.2 Å². The van der Waals surface area contributed by atoms with Crippen molar-refractivity contribution in [2.75, 3.05) is 6.54 Å². The average molecular weight is 313 g/mol. The Bertz CT molecular complexity index is 643. The smallest absolute Gasteiger partial charge is 0.223 e. The maximum absolute atomic E-state index is 11.9. The lowest BCUT2D eigenvalue weighted by Gasteiger charge is -2.09. The van der Waals surface area contributed by atoms with Gasteiger partial charge in [0.1, 0.15) is 0 Å². The first-order chi connectivity index (χ1) is 10.8. The van der Waals surface area contributed by atoms with Crippen LogP contribution in [0.15, 0.2) is 41.9 Å². The van der Waals surface area contributed by atoms with Gasteiger partial charge in [0.05, 0.1) is 16.4 Å². The Morgan fingerprint density at radius 3 is 2.91 bits per heavy atom. The number of thiazole rings is 1. The molecule has 2 aromatic heterocycles. The van der Waals surface area contributed by atoms with Crippen LogP contribution in [0, 0.1) is 5.92 Å². The highest BCUT2D eigenvalue weighted by atomic mass is 32.1. The van der Waals surface area contributed by atoms with Crippen LogP contribution >= 0.6 is 11.3 Å². The molecule has 0 unspecified atom stereocenters. The van der Waals surface area contributed by atoms with Gasteiger partial charge in [0.25, 0.3) is 0 Å². The van der Waals surface area contributed by atoms with Gasteiger partial charge in [-0.25, -0.2) is 4.98 Å². The fourth-order valence-electron chi connectivity index (χ4n) is 2.48. The molecule has 1 N–H and O–H groups in total. The van der Waals surface area contributed by atoms with E-state index in [0.717, 1.165) is 42.1 Å². The summed E-state index contributed by atoms with van der Waals surface area (Å²) in [6.07, 6.45) is 9.51. The van der Waals surface area contributed by atoms with Gasteiger partial charge in [-0.15, -0.1) is 11.3 Å². The summed E-state index contributed by atoms with van der Waals surface area (Å²) in [5.74, 6) is 0.328. The van der Waals surface area contributed by atoms with E-state index in [1.165, 1.54) is 0 Å². The molecule has 1 aliphatic rings. The number of nitrogens with one attached hydrogen (secondary N) is 1. The Morgan fingerprint density at radius 1 is 1.27 bits per heavy atom. The summed E-state index contributed by atoms with van der Waals surface area (Å²) in [7, 11) is 0. The second kappa shape index (κ2) is 7.31. The number of hydrogen-bond donors (Lipinski definition) is 1. The Morgan fingerprint density at radius 2 is 2.14 bits per heavy atom. The molecule has 0 saturated carbocycles. The van der Waals surface area contributed by atoms with Crippen molar-refractivity contribution >= 4 is 17.2 Å². The number of pyridine rings is 1. The first-order valence-electron chi connectivity index (χ1n) is 7.61. The molecule has 1 aliphatic carbocycles. The first-order valence-corrected chi connectivity index (χ1v) is 8.49. The van der Waals surface area contributed by atoms with E-state index in [4.69, 9.17) is 0 Å². The van der Waals surface area contributed by atoms with Crippen LogP contribution < -0.4 is 5.32 Å². The van der Waals surface area contributed by atoms with Gasteiger partial charge in [-0.3, -0.25) is 9.78 Å². The summed E-state index contributed by atoms with van der Waals surface area (Å²) < 4.78 is 0. The van der Waals surface area contributed by atoms with Crippen molar-refractivity contribution in [3.8, 4) is 11.4 Å². The highest BCUT2D eigenvalue weighted by molar-refractivity contribution is 7.09. The van der Waals surface area contributed by atoms with Crippen LogP contribution in [0.25, 0.3) is 11.4 Å². The molecular formula is C17H19N3OS. The minimum atomic E-state index is 0.149. The van der Waals surface area contributed by atoms with Crippen molar-refractivity contribution < 1.29 is 4.79 Å². The Hall–Kier alpha value is -2.01. The molecular weight excluding hydrogens is 294 g/mol. The first kappa shape index (κ1) is 14.9. The molecule has 0 fully saturated rings. The van der Waals surface area contributed by atoms with Crippen LogP contribution in [0.1, 0.15) is 24.3 Å². The van der Waals surface area contributed by atoms with Crippen molar-refractivity contribution in [2.24, 2.45) is 5.92 Å². The van der Waals surface area contributed by atoms with Crippen molar-refractivity contribution in [2.45, 2.75) is 25.7 Å².